The van der Waals surface area contributed by atoms with Crippen LogP contribution in [0.25, 0.3) is 0 Å². The number of pyridine rings is 1. The summed E-state index contributed by atoms with van der Waals surface area (Å²) in [5, 5.41) is 2.99. The second-order valence-electron chi connectivity index (χ2n) is 5.13. The topological polar surface area (TPSA) is 42.0 Å². The molecule has 0 radical (unpaired) electrons. The fourth-order valence-corrected chi connectivity index (χ4v) is 3.46. The van der Waals surface area contributed by atoms with E-state index in [-0.39, 0.29) is 11.8 Å². The van der Waals surface area contributed by atoms with Gasteiger partial charge in [-0.15, -0.1) is 0 Å². The van der Waals surface area contributed by atoms with Crippen LogP contribution in [0.5, 0.6) is 0 Å². The summed E-state index contributed by atoms with van der Waals surface area (Å²) in [7, 11) is 0. The summed E-state index contributed by atoms with van der Waals surface area (Å²) in [6.45, 7) is 0. The SMILES string of the molecule is O=C1Nc2ccc(Br)cc2[C@]12C[C@@H]2c1ccccn1. The number of rotatable bonds is 1. The average molecular weight is 315 g/mol. The molecule has 0 saturated heterocycles. The highest BCUT2D eigenvalue weighted by Crippen LogP contribution is 2.64. The Hall–Kier alpha value is -1.68. The normalized spacial score (nSPS) is 27.2. The van der Waals surface area contributed by atoms with Crippen molar-refractivity contribution in [3.63, 3.8) is 0 Å². The Balaban J connectivity index is 1.82. The zero-order valence-electron chi connectivity index (χ0n) is 10.1. The first-order valence-electron chi connectivity index (χ1n) is 6.24. The van der Waals surface area contributed by atoms with Crippen molar-refractivity contribution < 1.29 is 4.79 Å². The lowest BCUT2D eigenvalue weighted by Crippen LogP contribution is -2.21. The lowest BCUT2D eigenvalue weighted by Gasteiger charge is -2.08. The molecule has 1 fully saturated rings. The van der Waals surface area contributed by atoms with Crippen LogP contribution in [0.4, 0.5) is 5.69 Å². The number of hydrogen-bond donors (Lipinski definition) is 1. The summed E-state index contributed by atoms with van der Waals surface area (Å²) in [6, 6.07) is 11.8. The van der Waals surface area contributed by atoms with E-state index in [2.05, 4.69) is 32.3 Å². The second kappa shape index (κ2) is 3.67. The van der Waals surface area contributed by atoms with Crippen LogP contribution in [0.2, 0.25) is 0 Å². The van der Waals surface area contributed by atoms with Gasteiger partial charge in [-0.2, -0.15) is 0 Å². The third-order valence-corrected chi connectivity index (χ3v) is 4.61. The number of carbonyl (C=O) groups is 1. The van der Waals surface area contributed by atoms with Gasteiger partial charge in [0.1, 0.15) is 0 Å². The predicted molar refractivity (Wildman–Crippen MR) is 76.0 cm³/mol. The maximum absolute atomic E-state index is 12.4. The third kappa shape index (κ3) is 1.43. The molecule has 2 aromatic rings. The van der Waals surface area contributed by atoms with Gasteiger partial charge in [-0.05, 0) is 42.3 Å². The maximum Gasteiger partial charge on any atom is 0.235 e. The van der Waals surface area contributed by atoms with E-state index < -0.39 is 5.41 Å². The van der Waals surface area contributed by atoms with Gasteiger partial charge in [-0.3, -0.25) is 9.78 Å². The van der Waals surface area contributed by atoms with Gasteiger partial charge in [0.25, 0.3) is 0 Å². The molecule has 1 aliphatic heterocycles. The van der Waals surface area contributed by atoms with Gasteiger partial charge < -0.3 is 5.32 Å². The van der Waals surface area contributed by atoms with Crippen LogP contribution in [0, 0.1) is 0 Å². The Kier molecular flexibility index (Phi) is 2.16. The molecule has 2 atom stereocenters. The molecule has 1 aromatic carbocycles. The molecule has 1 amide bonds. The Morgan fingerprint density at radius 2 is 2.21 bits per heavy atom. The van der Waals surface area contributed by atoms with Crippen LogP contribution in [0.3, 0.4) is 0 Å². The number of anilines is 1. The molecule has 19 heavy (non-hydrogen) atoms. The minimum Gasteiger partial charge on any atom is -0.325 e. The van der Waals surface area contributed by atoms with Gasteiger partial charge in [-0.1, -0.05) is 22.0 Å². The quantitative estimate of drug-likeness (QED) is 0.878. The highest BCUT2D eigenvalue weighted by Gasteiger charge is 2.65. The minimum absolute atomic E-state index is 0.108. The number of fused-ring (bicyclic) bond motifs is 2. The molecule has 0 unspecified atom stereocenters. The van der Waals surface area contributed by atoms with E-state index in [0.29, 0.717) is 0 Å². The fraction of sp³-hybridized carbons (Fsp3) is 0.200. The van der Waals surface area contributed by atoms with Gasteiger partial charge in [0.05, 0.1) is 5.41 Å². The zero-order chi connectivity index (χ0) is 13.0. The van der Waals surface area contributed by atoms with Gasteiger partial charge in [-0.25, -0.2) is 0 Å². The molecule has 2 heterocycles. The first kappa shape index (κ1) is 11.2. The van der Waals surface area contributed by atoms with Gasteiger partial charge in [0.2, 0.25) is 5.91 Å². The van der Waals surface area contributed by atoms with Crippen molar-refractivity contribution in [2.45, 2.75) is 17.8 Å². The molecular weight excluding hydrogens is 304 g/mol. The van der Waals surface area contributed by atoms with E-state index in [1.54, 1.807) is 6.20 Å². The predicted octanol–water partition coefficient (Wildman–Crippen LogP) is 3.22. The molecule has 4 rings (SSSR count). The van der Waals surface area contributed by atoms with Crippen molar-refractivity contribution in [1.29, 1.82) is 0 Å². The highest BCUT2D eigenvalue weighted by molar-refractivity contribution is 9.10. The molecule has 2 aliphatic rings. The van der Waals surface area contributed by atoms with Gasteiger partial charge >= 0.3 is 0 Å². The van der Waals surface area contributed by atoms with Crippen LogP contribution in [-0.4, -0.2) is 10.9 Å². The lowest BCUT2D eigenvalue weighted by molar-refractivity contribution is -0.118. The van der Waals surface area contributed by atoms with Crippen molar-refractivity contribution in [2.24, 2.45) is 0 Å². The maximum atomic E-state index is 12.4. The first-order valence-corrected chi connectivity index (χ1v) is 7.03. The summed E-state index contributed by atoms with van der Waals surface area (Å²) in [5.74, 6) is 0.306. The second-order valence-corrected chi connectivity index (χ2v) is 6.04. The van der Waals surface area contributed by atoms with Crippen LogP contribution < -0.4 is 5.32 Å². The monoisotopic (exact) mass is 314 g/mol. The number of hydrogen-bond acceptors (Lipinski definition) is 2. The fourth-order valence-electron chi connectivity index (χ4n) is 3.10. The summed E-state index contributed by atoms with van der Waals surface area (Å²) in [5.41, 5.74) is 2.65. The van der Waals surface area contributed by atoms with Crippen LogP contribution in [-0.2, 0) is 10.2 Å². The standard InChI is InChI=1S/C15H11BrN2O/c16-9-4-5-13-10(7-9)15(14(19)18-13)8-11(15)12-3-1-2-6-17-12/h1-7,11H,8H2,(H,18,19)/t11-,15+/m1/s1. The Bertz CT molecular complexity index is 686. The van der Waals surface area contributed by atoms with Crippen molar-refractivity contribution in [1.82, 2.24) is 4.98 Å². The first-order chi connectivity index (χ1) is 9.22. The van der Waals surface area contributed by atoms with Crippen LogP contribution >= 0.6 is 15.9 Å². The van der Waals surface area contributed by atoms with Crippen molar-refractivity contribution >= 4 is 27.5 Å². The van der Waals surface area contributed by atoms with E-state index in [4.69, 9.17) is 0 Å². The van der Waals surface area contributed by atoms with Crippen LogP contribution in [0.1, 0.15) is 23.6 Å². The van der Waals surface area contributed by atoms with Gasteiger partial charge in [0, 0.05) is 28.0 Å². The van der Waals surface area contributed by atoms with Crippen molar-refractivity contribution in [3.05, 3.63) is 58.3 Å². The van der Waals surface area contributed by atoms with Crippen molar-refractivity contribution in [2.75, 3.05) is 5.32 Å². The molecule has 1 aromatic heterocycles. The van der Waals surface area contributed by atoms with E-state index in [0.717, 1.165) is 27.8 Å². The summed E-state index contributed by atoms with van der Waals surface area (Å²) in [6.07, 6.45) is 2.63. The lowest BCUT2D eigenvalue weighted by atomic mass is 9.93. The molecule has 1 saturated carbocycles. The highest BCUT2D eigenvalue weighted by atomic mass is 79.9. The summed E-state index contributed by atoms with van der Waals surface area (Å²) in [4.78, 5) is 16.8. The molecule has 1 N–H and O–H groups in total. The number of amides is 1. The number of benzene rings is 1. The van der Waals surface area contributed by atoms with Crippen molar-refractivity contribution in [3.8, 4) is 0 Å². The molecule has 94 valence electrons. The smallest absolute Gasteiger partial charge is 0.235 e. The number of carbonyl (C=O) groups excluding carboxylic acids is 1. The van der Waals surface area contributed by atoms with E-state index >= 15 is 0 Å². The number of halogens is 1. The largest absolute Gasteiger partial charge is 0.325 e. The number of aromatic nitrogens is 1. The minimum atomic E-state index is -0.395. The van der Waals surface area contributed by atoms with Gasteiger partial charge in [0.15, 0.2) is 0 Å². The molecular formula is C15H11BrN2O. The number of nitrogens with zero attached hydrogens (tertiary/aromatic N) is 1. The molecule has 4 heteroatoms. The Labute approximate surface area is 119 Å². The zero-order valence-corrected chi connectivity index (χ0v) is 11.6. The summed E-state index contributed by atoms with van der Waals surface area (Å²) < 4.78 is 1.01. The molecule has 1 aliphatic carbocycles. The Morgan fingerprint density at radius 1 is 1.32 bits per heavy atom. The molecule has 0 bridgehead atoms. The molecule has 1 spiro atoms. The summed E-state index contributed by atoms with van der Waals surface area (Å²) >= 11 is 3.49. The molecule has 3 nitrogen and oxygen atoms in total. The van der Waals surface area contributed by atoms with E-state index in [9.17, 15) is 4.79 Å². The Morgan fingerprint density at radius 3 is 3.00 bits per heavy atom. The van der Waals surface area contributed by atoms with E-state index in [1.807, 2.05) is 30.3 Å². The number of nitrogens with one attached hydrogen (secondary N) is 1. The third-order valence-electron chi connectivity index (χ3n) is 4.12. The van der Waals surface area contributed by atoms with Crippen LogP contribution in [0.15, 0.2) is 47.1 Å². The van der Waals surface area contributed by atoms with E-state index in [1.165, 1.54) is 0 Å². The average Bonchev–Trinajstić information content (AvgIpc) is 3.12.